The third-order valence-electron chi connectivity index (χ3n) is 3.59. The smallest absolute Gasteiger partial charge is 0.328 e. The molecule has 108 valence electrons. The van der Waals surface area contributed by atoms with E-state index < -0.39 is 5.97 Å². The topological polar surface area (TPSA) is 40.5 Å². The van der Waals surface area contributed by atoms with Gasteiger partial charge in [-0.05, 0) is 43.6 Å². The Morgan fingerprint density at radius 3 is 2.55 bits per heavy atom. The Bertz CT molecular complexity index is 491. The standard InChI is InChI=1S/C16H20FNO2/c17-15-11-13(6-8-16(19)20)5-7-14(15)12-18-9-3-1-2-4-10-18/h5-8,11H,1-4,9-10,12H2,(H,19,20). The minimum absolute atomic E-state index is 0.262. The third-order valence-corrected chi connectivity index (χ3v) is 3.59. The SMILES string of the molecule is O=C(O)C=Cc1ccc(CN2CCCCCC2)c(F)c1. The van der Waals surface area contributed by atoms with Gasteiger partial charge in [-0.25, -0.2) is 9.18 Å². The summed E-state index contributed by atoms with van der Waals surface area (Å²) in [6, 6.07) is 4.91. The maximum absolute atomic E-state index is 14.0. The van der Waals surface area contributed by atoms with Gasteiger partial charge < -0.3 is 5.11 Å². The van der Waals surface area contributed by atoms with Crippen molar-refractivity contribution >= 4 is 12.0 Å². The van der Waals surface area contributed by atoms with E-state index in [-0.39, 0.29) is 5.82 Å². The van der Waals surface area contributed by atoms with Gasteiger partial charge in [-0.2, -0.15) is 0 Å². The van der Waals surface area contributed by atoms with Crippen molar-refractivity contribution in [3.63, 3.8) is 0 Å². The molecular formula is C16H20FNO2. The highest BCUT2D eigenvalue weighted by Gasteiger charge is 2.11. The lowest BCUT2D eigenvalue weighted by Gasteiger charge is -2.20. The maximum Gasteiger partial charge on any atom is 0.328 e. The van der Waals surface area contributed by atoms with Crippen LogP contribution in [0.2, 0.25) is 0 Å². The molecule has 0 unspecified atom stereocenters. The highest BCUT2D eigenvalue weighted by Crippen LogP contribution is 2.17. The molecular weight excluding hydrogens is 257 g/mol. The molecule has 0 spiro atoms. The van der Waals surface area contributed by atoms with E-state index in [0.29, 0.717) is 17.7 Å². The summed E-state index contributed by atoms with van der Waals surface area (Å²) in [6.07, 6.45) is 7.31. The van der Waals surface area contributed by atoms with Gasteiger partial charge in [0, 0.05) is 18.2 Å². The molecule has 0 radical (unpaired) electrons. The molecule has 4 heteroatoms. The molecule has 3 nitrogen and oxygen atoms in total. The third kappa shape index (κ3) is 4.46. The maximum atomic E-state index is 14.0. The van der Waals surface area contributed by atoms with E-state index in [1.165, 1.54) is 37.8 Å². The Morgan fingerprint density at radius 2 is 1.95 bits per heavy atom. The lowest BCUT2D eigenvalue weighted by Crippen LogP contribution is -2.24. The van der Waals surface area contributed by atoms with Crippen molar-refractivity contribution in [2.75, 3.05) is 13.1 Å². The fourth-order valence-electron chi connectivity index (χ4n) is 2.50. The van der Waals surface area contributed by atoms with E-state index in [2.05, 4.69) is 4.90 Å². The van der Waals surface area contributed by atoms with Crippen LogP contribution < -0.4 is 0 Å². The first-order valence-corrected chi connectivity index (χ1v) is 7.07. The van der Waals surface area contributed by atoms with E-state index in [4.69, 9.17) is 5.11 Å². The molecule has 1 aliphatic heterocycles. The van der Waals surface area contributed by atoms with Crippen molar-refractivity contribution in [3.8, 4) is 0 Å². The highest BCUT2D eigenvalue weighted by molar-refractivity contribution is 5.85. The normalized spacial score (nSPS) is 17.2. The number of aliphatic carboxylic acids is 1. The van der Waals surface area contributed by atoms with E-state index >= 15 is 0 Å². The molecule has 0 bridgehead atoms. The molecule has 1 aromatic rings. The summed E-state index contributed by atoms with van der Waals surface area (Å²) < 4.78 is 14.0. The lowest BCUT2D eigenvalue weighted by atomic mass is 10.1. The number of likely N-dealkylation sites (tertiary alicyclic amines) is 1. The molecule has 1 saturated heterocycles. The molecule has 0 aromatic heterocycles. The molecule has 1 heterocycles. The molecule has 1 N–H and O–H groups in total. The Hall–Kier alpha value is -1.68. The largest absolute Gasteiger partial charge is 0.478 e. The molecule has 1 fully saturated rings. The van der Waals surface area contributed by atoms with Gasteiger partial charge in [-0.3, -0.25) is 4.90 Å². The number of benzene rings is 1. The molecule has 0 amide bonds. The first-order valence-electron chi connectivity index (χ1n) is 7.07. The van der Waals surface area contributed by atoms with Crippen LogP contribution in [0.1, 0.15) is 36.8 Å². The summed E-state index contributed by atoms with van der Waals surface area (Å²) in [4.78, 5) is 12.7. The summed E-state index contributed by atoms with van der Waals surface area (Å²) in [6.45, 7) is 2.69. The van der Waals surface area contributed by atoms with Crippen LogP contribution >= 0.6 is 0 Å². The minimum atomic E-state index is -1.03. The van der Waals surface area contributed by atoms with Crippen LogP contribution in [0.4, 0.5) is 4.39 Å². The van der Waals surface area contributed by atoms with Gasteiger partial charge in [0.05, 0.1) is 0 Å². The predicted octanol–water partition coefficient (Wildman–Crippen LogP) is 3.30. The minimum Gasteiger partial charge on any atom is -0.478 e. The van der Waals surface area contributed by atoms with Gasteiger partial charge in [-0.15, -0.1) is 0 Å². The number of halogens is 1. The summed E-state index contributed by atoms with van der Waals surface area (Å²) in [7, 11) is 0. The van der Waals surface area contributed by atoms with Gasteiger partial charge in [0.1, 0.15) is 5.82 Å². The Balaban J connectivity index is 2.03. The van der Waals surface area contributed by atoms with Gasteiger partial charge in [-0.1, -0.05) is 25.0 Å². The number of nitrogens with zero attached hydrogens (tertiary/aromatic N) is 1. The van der Waals surface area contributed by atoms with E-state index in [1.54, 1.807) is 12.1 Å². The van der Waals surface area contributed by atoms with Crippen LogP contribution in [-0.4, -0.2) is 29.1 Å². The van der Waals surface area contributed by atoms with Crippen LogP contribution in [0, 0.1) is 5.82 Å². The van der Waals surface area contributed by atoms with Crippen molar-refractivity contribution in [3.05, 3.63) is 41.2 Å². The second-order valence-corrected chi connectivity index (χ2v) is 5.21. The molecule has 0 saturated carbocycles. The number of hydrogen-bond acceptors (Lipinski definition) is 2. The van der Waals surface area contributed by atoms with Crippen LogP contribution in [0.15, 0.2) is 24.3 Å². The summed E-state index contributed by atoms with van der Waals surface area (Å²) in [5, 5.41) is 8.55. The number of carbonyl (C=O) groups is 1. The molecule has 2 rings (SSSR count). The van der Waals surface area contributed by atoms with Crippen molar-refractivity contribution in [2.45, 2.75) is 32.2 Å². The zero-order chi connectivity index (χ0) is 14.4. The van der Waals surface area contributed by atoms with Crippen LogP contribution in [0.3, 0.4) is 0 Å². The van der Waals surface area contributed by atoms with E-state index in [1.807, 2.05) is 0 Å². The molecule has 1 aromatic carbocycles. The molecule has 0 aliphatic carbocycles. The summed E-state index contributed by atoms with van der Waals surface area (Å²) in [5.74, 6) is -1.29. The van der Waals surface area contributed by atoms with Gasteiger partial charge in [0.15, 0.2) is 0 Å². The van der Waals surface area contributed by atoms with Crippen molar-refractivity contribution in [1.82, 2.24) is 4.90 Å². The number of carboxylic acid groups (broad SMARTS) is 1. The number of carboxylic acids is 1. The van der Waals surface area contributed by atoms with Crippen LogP contribution in [0.5, 0.6) is 0 Å². The zero-order valence-corrected chi connectivity index (χ0v) is 11.5. The first kappa shape index (κ1) is 14.7. The lowest BCUT2D eigenvalue weighted by molar-refractivity contribution is -0.131. The monoisotopic (exact) mass is 277 g/mol. The summed E-state index contributed by atoms with van der Waals surface area (Å²) in [5.41, 5.74) is 1.25. The van der Waals surface area contributed by atoms with Crippen molar-refractivity contribution in [2.24, 2.45) is 0 Å². The van der Waals surface area contributed by atoms with Crippen LogP contribution in [0.25, 0.3) is 6.08 Å². The average Bonchev–Trinajstić information content (AvgIpc) is 2.68. The van der Waals surface area contributed by atoms with E-state index in [0.717, 1.165) is 19.2 Å². The summed E-state index contributed by atoms with van der Waals surface area (Å²) >= 11 is 0. The Morgan fingerprint density at radius 1 is 1.25 bits per heavy atom. The van der Waals surface area contributed by atoms with Gasteiger partial charge in [0.2, 0.25) is 0 Å². The number of hydrogen-bond donors (Lipinski definition) is 1. The molecule has 20 heavy (non-hydrogen) atoms. The second-order valence-electron chi connectivity index (χ2n) is 5.21. The quantitative estimate of drug-likeness (QED) is 0.858. The first-order chi connectivity index (χ1) is 9.65. The Labute approximate surface area is 118 Å². The fraction of sp³-hybridized carbons (Fsp3) is 0.438. The average molecular weight is 277 g/mol. The van der Waals surface area contributed by atoms with Crippen molar-refractivity contribution in [1.29, 1.82) is 0 Å². The van der Waals surface area contributed by atoms with Gasteiger partial charge >= 0.3 is 5.97 Å². The molecule has 0 atom stereocenters. The fourth-order valence-corrected chi connectivity index (χ4v) is 2.50. The second kappa shape index (κ2) is 7.20. The zero-order valence-electron chi connectivity index (χ0n) is 11.5. The molecule has 1 aliphatic rings. The van der Waals surface area contributed by atoms with E-state index in [9.17, 15) is 9.18 Å². The highest BCUT2D eigenvalue weighted by atomic mass is 19.1. The van der Waals surface area contributed by atoms with Crippen LogP contribution in [-0.2, 0) is 11.3 Å². The Kier molecular flexibility index (Phi) is 5.30. The predicted molar refractivity (Wildman–Crippen MR) is 76.8 cm³/mol. The number of rotatable bonds is 4. The van der Waals surface area contributed by atoms with Crippen molar-refractivity contribution < 1.29 is 14.3 Å². The van der Waals surface area contributed by atoms with Gasteiger partial charge in [0.25, 0.3) is 0 Å².